The van der Waals surface area contributed by atoms with Crippen molar-refractivity contribution in [3.8, 4) is 0 Å². The zero-order valence-corrected chi connectivity index (χ0v) is 10.4. The highest BCUT2D eigenvalue weighted by Crippen LogP contribution is 2.18. The molecule has 0 saturated heterocycles. The van der Waals surface area contributed by atoms with Crippen molar-refractivity contribution in [3.05, 3.63) is 34.7 Å². The maximum Gasteiger partial charge on any atom is 0.272 e. The molecule has 1 heterocycles. The van der Waals surface area contributed by atoms with Crippen molar-refractivity contribution >= 4 is 16.5 Å². The number of hydrogen-bond acceptors (Lipinski definition) is 3. The Labute approximate surface area is 100 Å². The first-order chi connectivity index (χ1) is 7.96. The van der Waals surface area contributed by atoms with Gasteiger partial charge in [0.2, 0.25) is 0 Å². The molecule has 17 heavy (non-hydrogen) atoms. The van der Waals surface area contributed by atoms with E-state index in [2.05, 4.69) is 36.3 Å². The van der Waals surface area contributed by atoms with E-state index in [1.807, 2.05) is 18.2 Å². The number of aromatic amines is 1. The Balaban J connectivity index is 2.32. The Kier molecular flexibility index (Phi) is 2.88. The van der Waals surface area contributed by atoms with Crippen LogP contribution in [-0.4, -0.2) is 16.7 Å². The first kappa shape index (κ1) is 11.6. The molecule has 2 rings (SSSR count). The van der Waals surface area contributed by atoms with Crippen LogP contribution in [0.15, 0.2) is 29.2 Å². The van der Waals surface area contributed by atoms with Crippen molar-refractivity contribution in [2.45, 2.75) is 20.8 Å². The van der Waals surface area contributed by atoms with E-state index >= 15 is 0 Å². The largest absolute Gasteiger partial charge is 0.384 e. The van der Waals surface area contributed by atoms with Gasteiger partial charge in [0.05, 0.1) is 11.6 Å². The second kappa shape index (κ2) is 4.20. The van der Waals surface area contributed by atoms with Crippen molar-refractivity contribution in [2.24, 2.45) is 5.41 Å². The lowest BCUT2D eigenvalue weighted by Crippen LogP contribution is -2.19. The fourth-order valence-corrected chi connectivity index (χ4v) is 1.56. The number of nitrogens with one attached hydrogen (secondary N) is 2. The van der Waals surface area contributed by atoms with E-state index in [0.717, 1.165) is 17.6 Å². The first-order valence-corrected chi connectivity index (χ1v) is 5.67. The maximum atomic E-state index is 11.6. The van der Waals surface area contributed by atoms with Gasteiger partial charge in [0.15, 0.2) is 0 Å². The Morgan fingerprint density at radius 3 is 2.82 bits per heavy atom. The molecule has 1 aromatic carbocycles. The van der Waals surface area contributed by atoms with Crippen LogP contribution in [0.4, 0.5) is 5.69 Å². The fraction of sp³-hybridized carbons (Fsp3) is 0.385. The zero-order valence-electron chi connectivity index (χ0n) is 10.4. The topological polar surface area (TPSA) is 57.8 Å². The molecule has 0 aliphatic heterocycles. The molecular weight excluding hydrogens is 214 g/mol. The smallest absolute Gasteiger partial charge is 0.272 e. The minimum Gasteiger partial charge on any atom is -0.384 e. The van der Waals surface area contributed by atoms with Gasteiger partial charge in [0.1, 0.15) is 0 Å². The summed E-state index contributed by atoms with van der Waals surface area (Å²) in [4.78, 5) is 11.6. The number of hydrogen-bond donors (Lipinski definition) is 2. The Bertz CT molecular complexity index is 581. The van der Waals surface area contributed by atoms with Crippen LogP contribution >= 0.6 is 0 Å². The predicted octanol–water partition coefficient (Wildman–Crippen LogP) is 2.38. The monoisotopic (exact) mass is 231 g/mol. The van der Waals surface area contributed by atoms with E-state index in [4.69, 9.17) is 0 Å². The van der Waals surface area contributed by atoms with Crippen LogP contribution in [0.25, 0.3) is 10.8 Å². The van der Waals surface area contributed by atoms with Crippen molar-refractivity contribution in [3.63, 3.8) is 0 Å². The molecule has 4 heteroatoms. The maximum absolute atomic E-state index is 11.6. The third kappa shape index (κ3) is 2.84. The average molecular weight is 231 g/mol. The van der Waals surface area contributed by atoms with Crippen LogP contribution < -0.4 is 10.9 Å². The van der Waals surface area contributed by atoms with E-state index in [1.54, 1.807) is 6.20 Å². The van der Waals surface area contributed by atoms with Crippen molar-refractivity contribution < 1.29 is 0 Å². The molecule has 0 unspecified atom stereocenters. The number of aromatic nitrogens is 2. The van der Waals surface area contributed by atoms with Crippen LogP contribution in [-0.2, 0) is 0 Å². The number of H-pyrrole nitrogens is 1. The average Bonchev–Trinajstić information content (AvgIpc) is 2.26. The van der Waals surface area contributed by atoms with Gasteiger partial charge in [-0.1, -0.05) is 26.8 Å². The second-order valence-corrected chi connectivity index (χ2v) is 5.42. The van der Waals surface area contributed by atoms with Crippen molar-refractivity contribution in [1.29, 1.82) is 0 Å². The minimum absolute atomic E-state index is 0.151. The molecule has 90 valence electrons. The van der Waals surface area contributed by atoms with Gasteiger partial charge in [-0.15, -0.1) is 0 Å². The zero-order chi connectivity index (χ0) is 12.5. The number of benzene rings is 1. The molecule has 0 radical (unpaired) electrons. The number of fused-ring (bicyclic) bond motifs is 1. The summed E-state index contributed by atoms with van der Waals surface area (Å²) >= 11 is 0. The summed E-state index contributed by atoms with van der Waals surface area (Å²) in [5.41, 5.74) is 1.02. The number of anilines is 1. The second-order valence-electron chi connectivity index (χ2n) is 5.42. The SMILES string of the molecule is CC(C)(C)CNc1ccc2cn[nH]c(=O)c2c1. The van der Waals surface area contributed by atoms with Crippen LogP contribution in [0.2, 0.25) is 0 Å². The lowest BCUT2D eigenvalue weighted by atomic mass is 9.97. The molecule has 0 fully saturated rings. The van der Waals surface area contributed by atoms with Gasteiger partial charge in [-0.2, -0.15) is 5.10 Å². The van der Waals surface area contributed by atoms with Crippen molar-refractivity contribution in [1.82, 2.24) is 10.2 Å². The Morgan fingerprint density at radius 1 is 1.35 bits per heavy atom. The standard InChI is InChI=1S/C13H17N3O/c1-13(2,3)8-14-10-5-4-9-7-15-16-12(17)11(9)6-10/h4-7,14H,8H2,1-3H3,(H,16,17). The third-order valence-electron chi connectivity index (χ3n) is 2.49. The highest BCUT2D eigenvalue weighted by atomic mass is 16.1. The molecule has 1 aromatic heterocycles. The molecule has 2 aromatic rings. The summed E-state index contributed by atoms with van der Waals surface area (Å²) in [7, 11) is 0. The lowest BCUT2D eigenvalue weighted by Gasteiger charge is -2.19. The molecule has 0 amide bonds. The molecule has 4 nitrogen and oxygen atoms in total. The van der Waals surface area contributed by atoms with Gasteiger partial charge in [-0.05, 0) is 17.5 Å². The van der Waals surface area contributed by atoms with Gasteiger partial charge in [0, 0.05) is 17.6 Å². The van der Waals surface area contributed by atoms with Crippen LogP contribution in [0.1, 0.15) is 20.8 Å². The molecule has 0 saturated carbocycles. The molecular formula is C13H17N3O. The molecule has 0 aliphatic rings. The van der Waals surface area contributed by atoms with E-state index in [9.17, 15) is 4.79 Å². The lowest BCUT2D eigenvalue weighted by molar-refractivity contribution is 0.443. The van der Waals surface area contributed by atoms with Gasteiger partial charge < -0.3 is 5.32 Å². The summed E-state index contributed by atoms with van der Waals surface area (Å²) in [6.07, 6.45) is 1.66. The fourth-order valence-electron chi connectivity index (χ4n) is 1.56. The van der Waals surface area contributed by atoms with Crippen LogP contribution in [0.3, 0.4) is 0 Å². The van der Waals surface area contributed by atoms with Crippen molar-refractivity contribution in [2.75, 3.05) is 11.9 Å². The summed E-state index contributed by atoms with van der Waals surface area (Å²) in [6, 6.07) is 5.74. The molecule has 0 atom stereocenters. The Hall–Kier alpha value is -1.84. The first-order valence-electron chi connectivity index (χ1n) is 5.67. The molecule has 0 aliphatic carbocycles. The highest BCUT2D eigenvalue weighted by molar-refractivity contribution is 5.83. The Morgan fingerprint density at radius 2 is 2.12 bits per heavy atom. The molecule has 0 bridgehead atoms. The van der Waals surface area contributed by atoms with E-state index in [1.165, 1.54) is 0 Å². The van der Waals surface area contributed by atoms with Gasteiger partial charge in [0.25, 0.3) is 5.56 Å². The van der Waals surface area contributed by atoms with E-state index < -0.39 is 0 Å². The quantitative estimate of drug-likeness (QED) is 0.834. The normalized spacial score (nSPS) is 11.7. The summed E-state index contributed by atoms with van der Waals surface area (Å²) in [5.74, 6) is 0. The van der Waals surface area contributed by atoms with E-state index in [0.29, 0.717) is 5.39 Å². The van der Waals surface area contributed by atoms with E-state index in [-0.39, 0.29) is 11.0 Å². The summed E-state index contributed by atoms with van der Waals surface area (Å²) < 4.78 is 0. The van der Waals surface area contributed by atoms with Gasteiger partial charge in [-0.3, -0.25) is 4.79 Å². The van der Waals surface area contributed by atoms with Crippen LogP contribution in [0.5, 0.6) is 0 Å². The number of nitrogens with zero attached hydrogens (tertiary/aromatic N) is 1. The predicted molar refractivity (Wildman–Crippen MR) is 70.3 cm³/mol. The van der Waals surface area contributed by atoms with Crippen LogP contribution in [0, 0.1) is 5.41 Å². The minimum atomic E-state index is -0.151. The summed E-state index contributed by atoms with van der Waals surface area (Å²) in [5, 5.41) is 11.1. The van der Waals surface area contributed by atoms with Gasteiger partial charge in [-0.25, -0.2) is 5.10 Å². The molecule has 2 N–H and O–H groups in total. The summed E-state index contributed by atoms with van der Waals surface area (Å²) in [6.45, 7) is 7.36. The highest BCUT2D eigenvalue weighted by Gasteiger charge is 2.09. The molecule has 0 spiro atoms. The third-order valence-corrected chi connectivity index (χ3v) is 2.49. The van der Waals surface area contributed by atoms with Gasteiger partial charge >= 0.3 is 0 Å². The number of rotatable bonds is 2.